The predicted molar refractivity (Wildman–Crippen MR) is 203 cm³/mol. The molecule has 1 unspecified atom stereocenters. The fraction of sp³-hybridized carbons (Fsp3) is 0.452. The van der Waals surface area contributed by atoms with Gasteiger partial charge in [-0.25, -0.2) is 0 Å². The lowest BCUT2D eigenvalue weighted by Gasteiger charge is -2.50. The molecule has 3 aromatic carbocycles. The minimum atomic E-state index is -1.04. The molecule has 0 saturated heterocycles. The molecular formula is C42H51N5O8. The van der Waals surface area contributed by atoms with Gasteiger partial charge in [-0.3, -0.25) is 24.0 Å². The normalized spacial score (nSPS) is 23.5. The monoisotopic (exact) mass is 753 g/mol. The van der Waals surface area contributed by atoms with Crippen LogP contribution in [0.15, 0.2) is 72.8 Å². The topological polar surface area (TPSA) is 209 Å². The molecule has 292 valence electrons. The lowest BCUT2D eigenvalue weighted by Crippen LogP contribution is -2.52. The molecule has 0 aromatic heterocycles. The van der Waals surface area contributed by atoms with E-state index in [9.17, 15) is 34.2 Å². The van der Waals surface area contributed by atoms with E-state index in [1.165, 1.54) is 23.3 Å². The van der Waals surface area contributed by atoms with Crippen LogP contribution >= 0.6 is 0 Å². The predicted octanol–water partition coefficient (Wildman–Crippen LogP) is 2.51. The van der Waals surface area contributed by atoms with Gasteiger partial charge in [-0.15, -0.1) is 0 Å². The first kappa shape index (κ1) is 39.3. The van der Waals surface area contributed by atoms with Crippen LogP contribution in [-0.2, 0) is 48.0 Å². The van der Waals surface area contributed by atoms with E-state index in [1.807, 2.05) is 36.4 Å². The second-order valence-corrected chi connectivity index (χ2v) is 15.4. The van der Waals surface area contributed by atoms with Crippen molar-refractivity contribution in [2.75, 3.05) is 19.6 Å². The molecule has 0 bridgehead atoms. The third-order valence-electron chi connectivity index (χ3n) is 11.8. The standard InChI is InChI=1S/C42H51N5O8/c1-42-18-17-31-30-14-12-29(49)21-27(30)9-13-32(31)33(42)15-16-36(42)55-39(52)24-46-41(54)35(20-25-5-3-2-4-6-25)47-38(51)23-44-37(50)22-45-40(53)34(43)19-26-7-10-28(48)11-8-26/h2-8,10-12,14,21,31-36,48-49H,9,13,15-20,22-24,43H2,1H3,(H,44,50)(H,45,53)(H,46,54)(H,47,51)/t31-,32-,33+,34+,35+,36?,42+/m1/s1. The number of ether oxygens (including phenoxy) is 1. The largest absolute Gasteiger partial charge is 0.508 e. The van der Waals surface area contributed by atoms with Crippen molar-refractivity contribution >= 4 is 29.6 Å². The fourth-order valence-electron chi connectivity index (χ4n) is 9.02. The maximum Gasteiger partial charge on any atom is 0.325 e. The van der Waals surface area contributed by atoms with Crippen LogP contribution in [0.5, 0.6) is 11.5 Å². The summed E-state index contributed by atoms with van der Waals surface area (Å²) in [7, 11) is 0. The number of carbonyl (C=O) groups is 5. The van der Waals surface area contributed by atoms with Gasteiger partial charge in [0.15, 0.2) is 0 Å². The summed E-state index contributed by atoms with van der Waals surface area (Å²) >= 11 is 0. The molecule has 4 amide bonds. The van der Waals surface area contributed by atoms with Crippen LogP contribution < -0.4 is 27.0 Å². The molecule has 0 heterocycles. The highest BCUT2D eigenvalue weighted by Crippen LogP contribution is 2.61. The Labute approximate surface area is 320 Å². The van der Waals surface area contributed by atoms with E-state index in [-0.39, 0.29) is 36.7 Å². The zero-order valence-corrected chi connectivity index (χ0v) is 31.1. The first-order chi connectivity index (χ1) is 26.4. The van der Waals surface area contributed by atoms with Crippen molar-refractivity contribution in [2.24, 2.45) is 23.0 Å². The molecule has 6 rings (SSSR count). The van der Waals surface area contributed by atoms with Gasteiger partial charge in [0.25, 0.3) is 0 Å². The number of hydrogen-bond acceptors (Lipinski definition) is 9. The van der Waals surface area contributed by atoms with E-state index >= 15 is 0 Å². The molecule has 2 saturated carbocycles. The Morgan fingerprint density at radius 3 is 2.24 bits per heavy atom. The van der Waals surface area contributed by atoms with Crippen molar-refractivity contribution in [3.05, 3.63) is 95.1 Å². The minimum absolute atomic E-state index is 0.0924. The van der Waals surface area contributed by atoms with Gasteiger partial charge in [-0.1, -0.05) is 55.5 Å². The summed E-state index contributed by atoms with van der Waals surface area (Å²) in [6, 6.07) is 19.1. The van der Waals surface area contributed by atoms with Crippen molar-refractivity contribution in [3.8, 4) is 11.5 Å². The molecule has 13 nitrogen and oxygen atoms in total. The van der Waals surface area contributed by atoms with E-state index < -0.39 is 54.8 Å². The summed E-state index contributed by atoms with van der Waals surface area (Å²) in [6.07, 6.45) is 5.71. The fourth-order valence-corrected chi connectivity index (χ4v) is 9.02. The Balaban J connectivity index is 0.969. The van der Waals surface area contributed by atoms with Crippen molar-refractivity contribution in [1.29, 1.82) is 0 Å². The summed E-state index contributed by atoms with van der Waals surface area (Å²) in [5, 5.41) is 29.6. The number of nitrogens with one attached hydrogen (secondary N) is 4. The molecule has 3 aliphatic rings. The van der Waals surface area contributed by atoms with Crippen molar-refractivity contribution in [1.82, 2.24) is 21.3 Å². The second kappa shape index (κ2) is 17.4. The lowest BCUT2D eigenvalue weighted by atomic mass is 9.55. The summed E-state index contributed by atoms with van der Waals surface area (Å²) in [5.74, 6) is -1.18. The number of rotatable bonds is 14. The molecule has 2 fully saturated rings. The van der Waals surface area contributed by atoms with Crippen LogP contribution in [-0.4, -0.2) is 77.6 Å². The SMILES string of the molecule is C[C@]12CC[C@@H]3c4ccc(O)cc4CC[C@H]3[C@@H]1CCC2OC(=O)CNC(=O)[C@H](Cc1ccccc1)NC(=O)CNC(=O)CNC(=O)[C@@H](N)Cc1ccc(O)cc1. The summed E-state index contributed by atoms with van der Waals surface area (Å²) in [5.41, 5.74) is 9.89. The number of esters is 1. The molecule has 3 aromatic rings. The lowest BCUT2D eigenvalue weighted by molar-refractivity contribution is -0.157. The molecule has 3 aliphatic carbocycles. The minimum Gasteiger partial charge on any atom is -0.508 e. The number of phenols is 2. The van der Waals surface area contributed by atoms with Crippen LogP contribution in [0, 0.1) is 17.3 Å². The summed E-state index contributed by atoms with van der Waals surface area (Å²) < 4.78 is 6.06. The van der Waals surface area contributed by atoms with Gasteiger partial charge in [-0.2, -0.15) is 0 Å². The molecule has 0 aliphatic heterocycles. The van der Waals surface area contributed by atoms with Crippen LogP contribution in [0.4, 0.5) is 0 Å². The molecule has 7 atom stereocenters. The van der Waals surface area contributed by atoms with E-state index in [0.717, 1.165) is 49.7 Å². The maximum absolute atomic E-state index is 13.4. The Hall–Kier alpha value is -5.43. The maximum atomic E-state index is 13.4. The molecular weight excluding hydrogens is 702 g/mol. The zero-order chi connectivity index (χ0) is 39.1. The molecule has 0 radical (unpaired) electrons. The Kier molecular flexibility index (Phi) is 12.4. The van der Waals surface area contributed by atoms with E-state index in [2.05, 4.69) is 34.3 Å². The first-order valence-electron chi connectivity index (χ1n) is 19.1. The Morgan fingerprint density at radius 2 is 1.47 bits per heavy atom. The number of fused-ring (bicyclic) bond motifs is 5. The molecule has 0 spiro atoms. The average Bonchev–Trinajstić information content (AvgIpc) is 3.51. The van der Waals surface area contributed by atoms with Crippen molar-refractivity contribution in [2.45, 2.75) is 82.4 Å². The van der Waals surface area contributed by atoms with Crippen LogP contribution in [0.1, 0.15) is 67.2 Å². The highest BCUT2D eigenvalue weighted by Gasteiger charge is 2.56. The van der Waals surface area contributed by atoms with Gasteiger partial charge in [0.2, 0.25) is 23.6 Å². The third kappa shape index (κ3) is 9.63. The summed E-state index contributed by atoms with van der Waals surface area (Å²) in [6.45, 7) is 1.01. The average molecular weight is 754 g/mol. The van der Waals surface area contributed by atoms with E-state index in [1.54, 1.807) is 18.2 Å². The van der Waals surface area contributed by atoms with Gasteiger partial charge in [0, 0.05) is 11.8 Å². The number of amides is 4. The van der Waals surface area contributed by atoms with Gasteiger partial charge < -0.3 is 42.0 Å². The van der Waals surface area contributed by atoms with Crippen molar-refractivity contribution in [3.63, 3.8) is 0 Å². The zero-order valence-electron chi connectivity index (χ0n) is 31.1. The van der Waals surface area contributed by atoms with Crippen molar-refractivity contribution < 1.29 is 38.9 Å². The highest BCUT2D eigenvalue weighted by atomic mass is 16.5. The van der Waals surface area contributed by atoms with Crippen LogP contribution in [0.3, 0.4) is 0 Å². The number of phenolic OH excluding ortho intramolecular Hbond substituents is 2. The van der Waals surface area contributed by atoms with Gasteiger partial charge in [0.05, 0.1) is 19.1 Å². The smallest absolute Gasteiger partial charge is 0.325 e. The van der Waals surface area contributed by atoms with Crippen LogP contribution in [0.25, 0.3) is 0 Å². The Bertz CT molecular complexity index is 1870. The van der Waals surface area contributed by atoms with E-state index in [4.69, 9.17) is 10.5 Å². The van der Waals surface area contributed by atoms with Crippen LogP contribution in [0.2, 0.25) is 0 Å². The number of carbonyl (C=O) groups excluding carboxylic acids is 5. The molecule has 55 heavy (non-hydrogen) atoms. The quantitative estimate of drug-likeness (QED) is 0.121. The van der Waals surface area contributed by atoms with Gasteiger partial charge in [-0.05, 0) is 109 Å². The number of hydrogen-bond donors (Lipinski definition) is 7. The third-order valence-corrected chi connectivity index (χ3v) is 11.8. The Morgan fingerprint density at radius 1 is 0.782 bits per heavy atom. The van der Waals surface area contributed by atoms with Gasteiger partial charge >= 0.3 is 5.97 Å². The molecule has 13 heteroatoms. The second-order valence-electron chi connectivity index (χ2n) is 15.4. The first-order valence-corrected chi connectivity index (χ1v) is 19.1. The van der Waals surface area contributed by atoms with E-state index in [0.29, 0.717) is 23.5 Å². The highest BCUT2D eigenvalue weighted by molar-refractivity contribution is 5.92. The summed E-state index contributed by atoms with van der Waals surface area (Å²) in [4.78, 5) is 64.3. The van der Waals surface area contributed by atoms with Gasteiger partial charge in [0.1, 0.15) is 30.2 Å². The number of aromatic hydroxyl groups is 2. The number of nitrogens with two attached hydrogens (primary N) is 1. The number of aryl methyl sites for hydroxylation is 1. The molecule has 8 N–H and O–H groups in total. The number of benzene rings is 3.